The molecule has 0 N–H and O–H groups in total. The third-order valence-electron chi connectivity index (χ3n) is 3.02. The maximum absolute atomic E-state index is 9.27. The first-order valence-corrected chi connectivity index (χ1v) is 5.91. The first-order chi connectivity index (χ1) is 9.19. The van der Waals surface area contributed by atoms with Crippen LogP contribution < -0.4 is 9.64 Å². The van der Waals surface area contributed by atoms with E-state index < -0.39 is 0 Å². The number of ether oxygens (including phenoxy) is 1. The van der Waals surface area contributed by atoms with Crippen molar-refractivity contribution in [2.24, 2.45) is 0 Å². The molecule has 0 saturated carbocycles. The van der Waals surface area contributed by atoms with Crippen molar-refractivity contribution in [3.63, 3.8) is 0 Å². The maximum Gasteiger partial charge on any atom is 0.151 e. The minimum atomic E-state index is 0.580. The zero-order valence-electron chi connectivity index (χ0n) is 11.2. The average Bonchev–Trinajstić information content (AvgIpc) is 2.46. The highest BCUT2D eigenvalue weighted by Crippen LogP contribution is 2.33. The number of aryl methyl sites for hydroxylation is 1. The van der Waals surface area contributed by atoms with E-state index in [1.165, 1.54) is 0 Å². The Morgan fingerprint density at radius 3 is 2.68 bits per heavy atom. The molecule has 1 aromatic heterocycles. The van der Waals surface area contributed by atoms with Gasteiger partial charge in [-0.05, 0) is 30.7 Å². The Labute approximate surface area is 112 Å². The first kappa shape index (κ1) is 12.9. The van der Waals surface area contributed by atoms with Gasteiger partial charge in [0.2, 0.25) is 0 Å². The molecule has 4 heteroatoms. The molecule has 2 rings (SSSR count). The summed E-state index contributed by atoms with van der Waals surface area (Å²) in [5.41, 5.74) is 2.37. The van der Waals surface area contributed by atoms with Crippen LogP contribution in [0.3, 0.4) is 0 Å². The summed E-state index contributed by atoms with van der Waals surface area (Å²) >= 11 is 0. The molecule has 0 radical (unpaired) electrons. The van der Waals surface area contributed by atoms with Crippen molar-refractivity contribution in [3.8, 4) is 11.8 Å². The van der Waals surface area contributed by atoms with E-state index in [0.29, 0.717) is 11.4 Å². The topological polar surface area (TPSA) is 49.1 Å². The summed E-state index contributed by atoms with van der Waals surface area (Å²) < 4.78 is 5.34. The number of pyridine rings is 1. The average molecular weight is 253 g/mol. The molecule has 0 amide bonds. The quantitative estimate of drug-likeness (QED) is 0.843. The van der Waals surface area contributed by atoms with Crippen molar-refractivity contribution < 1.29 is 4.74 Å². The van der Waals surface area contributed by atoms with Crippen LogP contribution in [0.25, 0.3) is 0 Å². The molecule has 96 valence electrons. The Hall–Kier alpha value is -2.54. The monoisotopic (exact) mass is 253 g/mol. The van der Waals surface area contributed by atoms with Crippen LogP contribution in [-0.4, -0.2) is 19.1 Å². The maximum atomic E-state index is 9.27. The van der Waals surface area contributed by atoms with E-state index in [1.807, 2.05) is 49.2 Å². The zero-order chi connectivity index (χ0) is 13.8. The Morgan fingerprint density at radius 1 is 1.26 bits per heavy atom. The molecule has 1 aromatic carbocycles. The molecule has 19 heavy (non-hydrogen) atoms. The van der Waals surface area contributed by atoms with Crippen LogP contribution in [0.1, 0.15) is 11.1 Å². The summed E-state index contributed by atoms with van der Waals surface area (Å²) in [4.78, 5) is 6.18. The fraction of sp³-hybridized carbons (Fsp3) is 0.200. The van der Waals surface area contributed by atoms with Crippen molar-refractivity contribution >= 4 is 11.5 Å². The smallest absolute Gasteiger partial charge is 0.151 e. The van der Waals surface area contributed by atoms with Gasteiger partial charge in [-0.25, -0.2) is 4.98 Å². The van der Waals surface area contributed by atoms with Crippen molar-refractivity contribution in [2.75, 3.05) is 19.1 Å². The molecular formula is C15H15N3O. The predicted octanol–water partition coefficient (Wildman–Crippen LogP) is 3.04. The SMILES string of the molecule is COc1ccccc1N(C)c1nccc(C)c1C#N. The van der Waals surface area contributed by atoms with Crippen LogP contribution in [0.5, 0.6) is 5.75 Å². The van der Waals surface area contributed by atoms with Crippen molar-refractivity contribution in [1.29, 1.82) is 5.26 Å². The number of anilines is 2. The second-order valence-corrected chi connectivity index (χ2v) is 4.17. The molecule has 1 heterocycles. The Bertz CT molecular complexity index is 632. The van der Waals surface area contributed by atoms with Gasteiger partial charge < -0.3 is 9.64 Å². The number of aromatic nitrogens is 1. The minimum Gasteiger partial charge on any atom is -0.495 e. The molecule has 0 fully saturated rings. The third kappa shape index (κ3) is 2.36. The molecule has 0 unspecified atom stereocenters. The van der Waals surface area contributed by atoms with E-state index in [-0.39, 0.29) is 0 Å². The van der Waals surface area contributed by atoms with E-state index in [4.69, 9.17) is 4.74 Å². The van der Waals surface area contributed by atoms with Gasteiger partial charge in [-0.3, -0.25) is 0 Å². The predicted molar refractivity (Wildman–Crippen MR) is 74.7 cm³/mol. The summed E-state index contributed by atoms with van der Waals surface area (Å²) in [7, 11) is 3.50. The highest BCUT2D eigenvalue weighted by Gasteiger charge is 2.15. The molecule has 2 aromatic rings. The van der Waals surface area contributed by atoms with Gasteiger partial charge in [0.05, 0.1) is 18.4 Å². The number of para-hydroxylation sites is 2. The fourth-order valence-corrected chi connectivity index (χ4v) is 1.96. The van der Waals surface area contributed by atoms with Crippen LogP contribution in [0.2, 0.25) is 0 Å². The van der Waals surface area contributed by atoms with E-state index in [9.17, 15) is 5.26 Å². The van der Waals surface area contributed by atoms with E-state index in [1.54, 1.807) is 13.3 Å². The first-order valence-electron chi connectivity index (χ1n) is 5.91. The van der Waals surface area contributed by atoms with E-state index in [2.05, 4.69) is 11.1 Å². The summed E-state index contributed by atoms with van der Waals surface area (Å²) in [6.07, 6.45) is 1.71. The highest BCUT2D eigenvalue weighted by molar-refractivity contribution is 5.70. The molecule has 0 atom stereocenters. The number of hydrogen-bond donors (Lipinski definition) is 0. The number of benzene rings is 1. The number of hydrogen-bond acceptors (Lipinski definition) is 4. The van der Waals surface area contributed by atoms with Gasteiger partial charge in [0.15, 0.2) is 5.82 Å². The van der Waals surface area contributed by atoms with Gasteiger partial charge in [0.1, 0.15) is 11.8 Å². The van der Waals surface area contributed by atoms with Gasteiger partial charge in [-0.1, -0.05) is 12.1 Å². The van der Waals surface area contributed by atoms with Gasteiger partial charge in [-0.2, -0.15) is 5.26 Å². The van der Waals surface area contributed by atoms with E-state index in [0.717, 1.165) is 17.0 Å². The largest absolute Gasteiger partial charge is 0.495 e. The lowest BCUT2D eigenvalue weighted by Gasteiger charge is -2.22. The summed E-state index contributed by atoms with van der Waals surface area (Å²) in [5.74, 6) is 1.38. The summed E-state index contributed by atoms with van der Waals surface area (Å²) in [6, 6.07) is 11.7. The van der Waals surface area contributed by atoms with Gasteiger partial charge in [0.25, 0.3) is 0 Å². The molecule has 0 saturated heterocycles. The molecule has 4 nitrogen and oxygen atoms in total. The molecule has 0 spiro atoms. The van der Waals surface area contributed by atoms with Crippen LogP contribution in [0.15, 0.2) is 36.5 Å². The molecule has 0 aliphatic carbocycles. The molecule has 0 aliphatic heterocycles. The van der Waals surface area contributed by atoms with E-state index >= 15 is 0 Å². The van der Waals surface area contributed by atoms with Crippen molar-refractivity contribution in [1.82, 2.24) is 4.98 Å². The fourth-order valence-electron chi connectivity index (χ4n) is 1.96. The lowest BCUT2D eigenvalue weighted by Crippen LogP contribution is -2.14. The Kier molecular flexibility index (Phi) is 3.67. The van der Waals surface area contributed by atoms with Crippen LogP contribution in [-0.2, 0) is 0 Å². The summed E-state index contributed by atoms with van der Waals surface area (Å²) in [6.45, 7) is 1.90. The van der Waals surface area contributed by atoms with Gasteiger partial charge in [-0.15, -0.1) is 0 Å². The zero-order valence-corrected chi connectivity index (χ0v) is 11.2. The molecule has 0 bridgehead atoms. The number of rotatable bonds is 3. The summed E-state index contributed by atoms with van der Waals surface area (Å²) in [5, 5.41) is 9.27. The third-order valence-corrected chi connectivity index (χ3v) is 3.02. The van der Waals surface area contributed by atoms with Gasteiger partial charge in [0, 0.05) is 13.2 Å². The Morgan fingerprint density at radius 2 is 2.00 bits per heavy atom. The second kappa shape index (κ2) is 5.40. The standard InChI is InChI=1S/C15H15N3O/c1-11-8-9-17-15(12(11)10-16)18(2)13-6-4-5-7-14(13)19-3/h4-9H,1-3H3. The number of methoxy groups -OCH3 is 1. The number of nitriles is 1. The second-order valence-electron chi connectivity index (χ2n) is 4.17. The van der Waals surface area contributed by atoms with Crippen LogP contribution in [0, 0.1) is 18.3 Å². The molecule has 0 aliphatic rings. The van der Waals surface area contributed by atoms with Crippen molar-refractivity contribution in [3.05, 3.63) is 47.7 Å². The minimum absolute atomic E-state index is 0.580. The van der Waals surface area contributed by atoms with Crippen LogP contribution in [0.4, 0.5) is 11.5 Å². The lowest BCUT2D eigenvalue weighted by atomic mass is 10.1. The highest BCUT2D eigenvalue weighted by atomic mass is 16.5. The lowest BCUT2D eigenvalue weighted by molar-refractivity contribution is 0.415. The van der Waals surface area contributed by atoms with Crippen LogP contribution >= 0.6 is 0 Å². The van der Waals surface area contributed by atoms with Crippen molar-refractivity contribution in [2.45, 2.75) is 6.92 Å². The number of nitrogens with zero attached hydrogens (tertiary/aromatic N) is 3. The molecular weight excluding hydrogens is 238 g/mol. The normalized spacial score (nSPS) is 9.79. The van der Waals surface area contributed by atoms with Gasteiger partial charge >= 0.3 is 0 Å². The Balaban J connectivity index is 2.54.